The van der Waals surface area contributed by atoms with Crippen molar-refractivity contribution in [3.63, 3.8) is 0 Å². The molecule has 0 radical (unpaired) electrons. The minimum Gasteiger partial charge on any atom is -0.369 e. The molecule has 9 nitrogen and oxygen atoms in total. The maximum Gasteiger partial charge on any atom is 0.261 e. The van der Waals surface area contributed by atoms with Gasteiger partial charge in [0.25, 0.3) is 15.9 Å². The Morgan fingerprint density at radius 2 is 1.59 bits per heavy atom. The summed E-state index contributed by atoms with van der Waals surface area (Å²) in [7, 11) is -1.78. The van der Waals surface area contributed by atoms with E-state index in [-0.39, 0.29) is 27.8 Å². The van der Waals surface area contributed by atoms with Crippen LogP contribution in [0.1, 0.15) is 21.5 Å². The smallest absolute Gasteiger partial charge is 0.261 e. The van der Waals surface area contributed by atoms with Crippen LogP contribution in [0.15, 0.2) is 102 Å². The third-order valence-corrected chi connectivity index (χ3v) is 9.28. The number of sulfonamides is 1. The fourth-order valence-corrected chi connectivity index (χ4v) is 6.56. The molecule has 2 heterocycles. The highest BCUT2D eigenvalue weighted by atomic mass is 35.5. The second kappa shape index (κ2) is 12.2. The van der Waals surface area contributed by atoms with Gasteiger partial charge in [-0.25, -0.2) is 8.42 Å². The molecule has 0 saturated carbocycles. The van der Waals surface area contributed by atoms with Gasteiger partial charge in [0, 0.05) is 76.8 Å². The van der Waals surface area contributed by atoms with Gasteiger partial charge in [0.05, 0.1) is 10.5 Å². The third kappa shape index (κ3) is 6.33. The number of amides is 1. The molecular formula is C33H30ClN5O4S. The van der Waals surface area contributed by atoms with Crippen LogP contribution < -0.4 is 20.3 Å². The molecule has 2 aliphatic heterocycles. The number of nitrogens with one attached hydrogen (secondary N) is 3. The number of anilines is 4. The van der Waals surface area contributed by atoms with Crippen LogP contribution >= 0.6 is 11.6 Å². The number of carbonyl (C=O) groups excluding carboxylic acids is 2. The fourth-order valence-electron chi connectivity index (χ4n) is 5.21. The minimum atomic E-state index is -3.91. The Morgan fingerprint density at radius 3 is 2.34 bits per heavy atom. The summed E-state index contributed by atoms with van der Waals surface area (Å²) in [5, 5.41) is 6.35. The molecule has 4 aromatic rings. The van der Waals surface area contributed by atoms with E-state index < -0.39 is 10.0 Å². The Morgan fingerprint density at radius 1 is 0.864 bits per heavy atom. The molecule has 3 N–H and O–H groups in total. The number of hydrogen-bond acceptors (Lipinski definition) is 7. The highest BCUT2D eigenvalue weighted by Crippen LogP contribution is 2.33. The second-order valence-corrected chi connectivity index (χ2v) is 12.8. The third-order valence-electron chi connectivity index (χ3n) is 7.67. The number of halogens is 1. The van der Waals surface area contributed by atoms with Crippen LogP contribution in [-0.2, 0) is 14.8 Å². The number of benzene rings is 4. The summed E-state index contributed by atoms with van der Waals surface area (Å²) in [4.78, 5) is 30.9. The normalized spacial score (nSPS) is 16.0. The summed E-state index contributed by atoms with van der Waals surface area (Å²) in [6, 6.07) is 25.3. The Balaban J connectivity index is 1.15. The lowest BCUT2D eigenvalue weighted by Crippen LogP contribution is -2.44. The van der Waals surface area contributed by atoms with Crippen molar-refractivity contribution in [1.29, 1.82) is 0 Å². The Hall–Kier alpha value is -4.64. The van der Waals surface area contributed by atoms with Crippen molar-refractivity contribution < 1.29 is 18.0 Å². The molecule has 11 heteroatoms. The van der Waals surface area contributed by atoms with Crippen LogP contribution in [0.3, 0.4) is 0 Å². The molecule has 44 heavy (non-hydrogen) atoms. The monoisotopic (exact) mass is 627 g/mol. The lowest BCUT2D eigenvalue weighted by Gasteiger charge is -2.34. The van der Waals surface area contributed by atoms with E-state index in [1.165, 1.54) is 23.9 Å². The molecule has 0 unspecified atom stereocenters. The van der Waals surface area contributed by atoms with Gasteiger partial charge >= 0.3 is 0 Å². The van der Waals surface area contributed by atoms with Crippen molar-refractivity contribution in [2.45, 2.75) is 4.90 Å². The molecule has 4 aromatic carbocycles. The van der Waals surface area contributed by atoms with E-state index in [1.807, 2.05) is 12.1 Å². The van der Waals surface area contributed by atoms with Crippen molar-refractivity contribution in [3.05, 3.63) is 119 Å². The quantitative estimate of drug-likeness (QED) is 0.174. The van der Waals surface area contributed by atoms with Gasteiger partial charge in [0.1, 0.15) is 0 Å². The number of likely N-dealkylation sites (N-methyl/N-ethyl adjacent to an activating group) is 1. The molecule has 0 spiro atoms. The summed E-state index contributed by atoms with van der Waals surface area (Å²) >= 11 is 5.95. The zero-order chi connectivity index (χ0) is 30.8. The summed E-state index contributed by atoms with van der Waals surface area (Å²) in [6.45, 7) is 4.05. The molecule has 0 aromatic heterocycles. The van der Waals surface area contributed by atoms with Crippen LogP contribution in [0.4, 0.5) is 22.7 Å². The highest BCUT2D eigenvalue weighted by Gasteiger charge is 2.26. The Kier molecular flexibility index (Phi) is 8.13. The summed E-state index contributed by atoms with van der Waals surface area (Å²) in [5.74, 6) is -0.592. The standard InChI is InChI=1S/C33H30ClN5O4S/c1-38-14-16-39(17-15-38)27-11-9-25(10-12-27)35-21-30-29-13-8-23(19-31(29)36-33(30)41)32(40)22-4-2-6-26(18-22)37-44(42,43)28-7-3-5-24(34)20-28/h2-13,18-21,35,37H,14-17H2,1H3,(H,36,41). The first-order valence-electron chi connectivity index (χ1n) is 14.1. The molecule has 2 aliphatic rings. The van der Waals surface area contributed by atoms with Crippen LogP contribution in [0.5, 0.6) is 0 Å². The van der Waals surface area contributed by atoms with Crippen LogP contribution in [0, 0.1) is 0 Å². The lowest BCUT2D eigenvalue weighted by molar-refractivity contribution is -0.110. The molecular weight excluding hydrogens is 598 g/mol. The minimum absolute atomic E-state index is 0.0112. The number of hydrogen-bond donors (Lipinski definition) is 3. The number of fused-ring (bicyclic) bond motifs is 1. The number of ketones is 1. The van der Waals surface area contributed by atoms with E-state index in [9.17, 15) is 18.0 Å². The second-order valence-electron chi connectivity index (χ2n) is 10.7. The molecule has 0 bridgehead atoms. The first-order chi connectivity index (χ1) is 21.2. The first kappa shape index (κ1) is 29.4. The van der Waals surface area contributed by atoms with Crippen LogP contribution in [0.2, 0.25) is 5.02 Å². The largest absolute Gasteiger partial charge is 0.369 e. The highest BCUT2D eigenvalue weighted by molar-refractivity contribution is 7.92. The van der Waals surface area contributed by atoms with E-state index in [4.69, 9.17) is 11.6 Å². The summed E-state index contributed by atoms with van der Waals surface area (Å²) in [6.07, 6.45) is 1.67. The SMILES string of the molecule is CN1CCN(c2ccc(NC=C3C(=O)Nc4cc(C(=O)c5cccc(NS(=O)(=O)c6cccc(Cl)c6)c5)ccc43)cc2)CC1. The molecule has 1 amide bonds. The van der Waals surface area contributed by atoms with Crippen molar-refractivity contribution in [3.8, 4) is 0 Å². The van der Waals surface area contributed by atoms with Crippen molar-refractivity contribution in [2.24, 2.45) is 0 Å². The molecule has 1 fully saturated rings. The van der Waals surface area contributed by atoms with Gasteiger partial charge in [-0.05, 0) is 67.7 Å². The molecule has 224 valence electrons. The average Bonchev–Trinajstić information content (AvgIpc) is 3.34. The predicted molar refractivity (Wildman–Crippen MR) is 175 cm³/mol. The van der Waals surface area contributed by atoms with E-state index in [1.54, 1.807) is 54.7 Å². The molecule has 1 saturated heterocycles. The summed E-state index contributed by atoms with van der Waals surface area (Å²) < 4.78 is 28.1. The zero-order valence-electron chi connectivity index (χ0n) is 23.9. The first-order valence-corrected chi connectivity index (χ1v) is 15.9. The maximum absolute atomic E-state index is 13.4. The number of carbonyl (C=O) groups is 2. The van der Waals surface area contributed by atoms with Crippen molar-refractivity contribution in [1.82, 2.24) is 4.90 Å². The van der Waals surface area contributed by atoms with Gasteiger partial charge in [-0.15, -0.1) is 0 Å². The average molecular weight is 628 g/mol. The van der Waals surface area contributed by atoms with Gasteiger partial charge in [-0.1, -0.05) is 41.9 Å². The predicted octanol–water partition coefficient (Wildman–Crippen LogP) is 5.53. The number of nitrogens with zero attached hydrogens (tertiary/aromatic N) is 2. The van der Waals surface area contributed by atoms with E-state index in [0.29, 0.717) is 27.4 Å². The molecule has 0 aliphatic carbocycles. The van der Waals surface area contributed by atoms with Gasteiger partial charge in [-0.3, -0.25) is 14.3 Å². The Bertz CT molecular complexity index is 1880. The van der Waals surface area contributed by atoms with Gasteiger partial charge in [0.2, 0.25) is 0 Å². The fraction of sp³-hybridized carbons (Fsp3) is 0.152. The van der Waals surface area contributed by atoms with Gasteiger partial charge in [0.15, 0.2) is 5.78 Å². The Labute approximate surface area is 261 Å². The maximum atomic E-state index is 13.4. The van der Waals surface area contributed by atoms with E-state index in [2.05, 4.69) is 44.3 Å². The van der Waals surface area contributed by atoms with Crippen LogP contribution in [0.25, 0.3) is 5.57 Å². The number of piperazine rings is 1. The van der Waals surface area contributed by atoms with Crippen molar-refractivity contribution >= 4 is 61.6 Å². The topological polar surface area (TPSA) is 111 Å². The van der Waals surface area contributed by atoms with Gasteiger partial charge in [-0.2, -0.15) is 0 Å². The number of rotatable bonds is 8. The van der Waals surface area contributed by atoms with E-state index in [0.717, 1.165) is 31.9 Å². The zero-order valence-corrected chi connectivity index (χ0v) is 25.5. The van der Waals surface area contributed by atoms with Gasteiger partial charge < -0.3 is 20.4 Å². The molecule has 0 atom stereocenters. The van der Waals surface area contributed by atoms with Crippen molar-refractivity contribution in [2.75, 3.05) is 53.5 Å². The summed E-state index contributed by atoms with van der Waals surface area (Å²) in [5.41, 5.74) is 4.56. The van der Waals surface area contributed by atoms with Crippen LogP contribution in [-0.4, -0.2) is 58.2 Å². The molecule has 6 rings (SSSR count). The van der Waals surface area contributed by atoms with E-state index >= 15 is 0 Å². The lowest BCUT2D eigenvalue weighted by atomic mass is 9.99.